The standard InChI is InChI=1S/C16H25NO4/c1-5-10-21-14-8-6-13(7-9-14)16(18)12(2)17-11-15(19-3)20-4/h6-9,12,15,17H,5,10-11H2,1-4H3. The van der Waals surface area contributed by atoms with Gasteiger partial charge in [-0.1, -0.05) is 6.92 Å². The van der Waals surface area contributed by atoms with Crippen LogP contribution in [-0.2, 0) is 9.47 Å². The molecule has 0 bridgehead atoms. The first-order chi connectivity index (χ1) is 10.1. The summed E-state index contributed by atoms with van der Waals surface area (Å²) in [5.41, 5.74) is 0.658. The molecule has 0 amide bonds. The Morgan fingerprint density at radius 1 is 1.19 bits per heavy atom. The Morgan fingerprint density at radius 2 is 1.81 bits per heavy atom. The number of nitrogens with one attached hydrogen (secondary N) is 1. The van der Waals surface area contributed by atoms with E-state index < -0.39 is 0 Å². The monoisotopic (exact) mass is 295 g/mol. The minimum atomic E-state index is -0.356. The van der Waals surface area contributed by atoms with Crippen LogP contribution in [0.25, 0.3) is 0 Å². The smallest absolute Gasteiger partial charge is 0.179 e. The SMILES string of the molecule is CCCOc1ccc(C(=O)C(C)NCC(OC)OC)cc1. The van der Waals surface area contributed by atoms with Gasteiger partial charge in [0.05, 0.1) is 12.6 Å². The second-order valence-electron chi connectivity index (χ2n) is 4.77. The summed E-state index contributed by atoms with van der Waals surface area (Å²) >= 11 is 0. The molecule has 0 aromatic heterocycles. The van der Waals surface area contributed by atoms with Gasteiger partial charge in [0.25, 0.3) is 0 Å². The van der Waals surface area contributed by atoms with Gasteiger partial charge < -0.3 is 19.5 Å². The van der Waals surface area contributed by atoms with E-state index in [0.29, 0.717) is 18.7 Å². The lowest BCUT2D eigenvalue weighted by atomic mass is 10.1. The van der Waals surface area contributed by atoms with Crippen molar-refractivity contribution in [3.63, 3.8) is 0 Å². The van der Waals surface area contributed by atoms with Gasteiger partial charge in [-0.2, -0.15) is 0 Å². The van der Waals surface area contributed by atoms with Crippen LogP contribution in [0.15, 0.2) is 24.3 Å². The van der Waals surface area contributed by atoms with Gasteiger partial charge >= 0.3 is 0 Å². The average Bonchev–Trinajstić information content (AvgIpc) is 2.53. The third-order valence-corrected chi connectivity index (χ3v) is 3.12. The van der Waals surface area contributed by atoms with Crippen molar-refractivity contribution in [2.45, 2.75) is 32.6 Å². The molecule has 0 heterocycles. The molecule has 0 fully saturated rings. The van der Waals surface area contributed by atoms with E-state index in [4.69, 9.17) is 14.2 Å². The van der Waals surface area contributed by atoms with Crippen LogP contribution in [0.5, 0.6) is 5.75 Å². The van der Waals surface area contributed by atoms with Gasteiger partial charge in [-0.15, -0.1) is 0 Å². The predicted molar refractivity (Wildman–Crippen MR) is 81.8 cm³/mol. The zero-order chi connectivity index (χ0) is 15.7. The second-order valence-corrected chi connectivity index (χ2v) is 4.77. The van der Waals surface area contributed by atoms with Gasteiger partial charge in [-0.3, -0.25) is 4.79 Å². The van der Waals surface area contributed by atoms with Crippen LogP contribution < -0.4 is 10.1 Å². The van der Waals surface area contributed by atoms with Crippen molar-refractivity contribution in [2.75, 3.05) is 27.4 Å². The lowest BCUT2D eigenvalue weighted by Gasteiger charge is -2.18. The van der Waals surface area contributed by atoms with Gasteiger partial charge in [-0.25, -0.2) is 0 Å². The number of hydrogen-bond donors (Lipinski definition) is 1. The van der Waals surface area contributed by atoms with Crippen molar-refractivity contribution in [1.29, 1.82) is 0 Å². The van der Waals surface area contributed by atoms with E-state index in [2.05, 4.69) is 12.2 Å². The molecule has 5 nitrogen and oxygen atoms in total. The fourth-order valence-electron chi connectivity index (χ4n) is 1.81. The summed E-state index contributed by atoms with van der Waals surface area (Å²) < 4.78 is 15.7. The summed E-state index contributed by atoms with van der Waals surface area (Å²) in [6, 6.07) is 6.91. The number of carbonyl (C=O) groups is 1. The molecule has 21 heavy (non-hydrogen) atoms. The molecule has 0 spiro atoms. The summed E-state index contributed by atoms with van der Waals surface area (Å²) in [6.45, 7) is 5.02. The summed E-state index contributed by atoms with van der Waals surface area (Å²) in [7, 11) is 3.13. The van der Waals surface area contributed by atoms with Crippen LogP contribution in [0.3, 0.4) is 0 Å². The van der Waals surface area contributed by atoms with Crippen LogP contribution >= 0.6 is 0 Å². The van der Waals surface area contributed by atoms with E-state index in [1.165, 1.54) is 0 Å². The zero-order valence-electron chi connectivity index (χ0n) is 13.2. The number of ether oxygens (including phenoxy) is 3. The molecular weight excluding hydrogens is 270 g/mol. The number of hydrogen-bond acceptors (Lipinski definition) is 5. The van der Waals surface area contributed by atoms with Crippen molar-refractivity contribution in [3.8, 4) is 5.75 Å². The fourth-order valence-corrected chi connectivity index (χ4v) is 1.81. The first kappa shape index (κ1) is 17.6. The highest BCUT2D eigenvalue weighted by Gasteiger charge is 2.16. The first-order valence-corrected chi connectivity index (χ1v) is 7.18. The molecule has 0 aliphatic carbocycles. The van der Waals surface area contributed by atoms with Crippen LogP contribution in [0.2, 0.25) is 0 Å². The molecule has 5 heteroatoms. The molecular formula is C16H25NO4. The normalized spacial score (nSPS) is 12.4. The number of ketones is 1. The number of methoxy groups -OCH3 is 2. The first-order valence-electron chi connectivity index (χ1n) is 7.18. The maximum absolute atomic E-state index is 12.3. The van der Waals surface area contributed by atoms with Crippen LogP contribution in [0.4, 0.5) is 0 Å². The molecule has 0 saturated heterocycles. The van der Waals surface area contributed by atoms with E-state index >= 15 is 0 Å². The van der Waals surface area contributed by atoms with Gasteiger partial charge in [-0.05, 0) is 37.6 Å². The van der Waals surface area contributed by atoms with Gasteiger partial charge in [0.1, 0.15) is 5.75 Å². The highest BCUT2D eigenvalue weighted by Crippen LogP contribution is 2.14. The molecule has 1 N–H and O–H groups in total. The maximum Gasteiger partial charge on any atom is 0.179 e. The molecule has 1 unspecified atom stereocenters. The van der Waals surface area contributed by atoms with E-state index in [0.717, 1.165) is 12.2 Å². The highest BCUT2D eigenvalue weighted by atomic mass is 16.7. The quantitative estimate of drug-likeness (QED) is 0.530. The summed E-state index contributed by atoms with van der Waals surface area (Å²) in [4.78, 5) is 12.3. The number of carbonyl (C=O) groups excluding carboxylic acids is 1. The van der Waals surface area contributed by atoms with Crippen molar-refractivity contribution in [3.05, 3.63) is 29.8 Å². The summed E-state index contributed by atoms with van der Waals surface area (Å²) in [6.07, 6.45) is 0.604. The van der Waals surface area contributed by atoms with E-state index in [1.807, 2.05) is 19.1 Å². The van der Waals surface area contributed by atoms with Gasteiger partial charge in [0.2, 0.25) is 0 Å². The predicted octanol–water partition coefficient (Wildman–Crippen LogP) is 2.26. The molecule has 118 valence electrons. The Morgan fingerprint density at radius 3 is 2.33 bits per heavy atom. The van der Waals surface area contributed by atoms with Crippen LogP contribution in [0.1, 0.15) is 30.6 Å². The molecule has 0 aliphatic rings. The molecule has 1 atom stereocenters. The minimum Gasteiger partial charge on any atom is -0.494 e. The molecule has 0 radical (unpaired) electrons. The minimum absolute atomic E-state index is 0.0306. The maximum atomic E-state index is 12.3. The Balaban J connectivity index is 2.53. The Labute approximate surface area is 126 Å². The molecule has 1 aromatic carbocycles. The molecule has 0 saturated carbocycles. The Bertz CT molecular complexity index is 415. The lowest BCUT2D eigenvalue weighted by molar-refractivity contribution is -0.0992. The number of Topliss-reactive ketones (excluding diaryl/α,β-unsaturated/α-hetero) is 1. The van der Waals surface area contributed by atoms with Crippen molar-refractivity contribution in [1.82, 2.24) is 5.32 Å². The average molecular weight is 295 g/mol. The molecule has 1 aromatic rings. The summed E-state index contributed by atoms with van der Waals surface area (Å²) in [5, 5.41) is 3.10. The zero-order valence-corrected chi connectivity index (χ0v) is 13.2. The van der Waals surface area contributed by atoms with E-state index in [-0.39, 0.29) is 18.1 Å². The van der Waals surface area contributed by atoms with E-state index in [1.54, 1.807) is 26.4 Å². The highest BCUT2D eigenvalue weighted by molar-refractivity contribution is 5.99. The molecule has 1 rings (SSSR count). The summed E-state index contributed by atoms with van der Waals surface area (Å²) in [5.74, 6) is 0.816. The third kappa shape index (κ3) is 5.83. The molecule has 0 aliphatic heterocycles. The topological polar surface area (TPSA) is 56.8 Å². The van der Waals surface area contributed by atoms with E-state index in [9.17, 15) is 4.79 Å². The Kier molecular flexibility index (Phi) is 7.97. The fraction of sp³-hybridized carbons (Fsp3) is 0.562. The second kappa shape index (κ2) is 9.50. The Hall–Kier alpha value is -1.43. The number of benzene rings is 1. The third-order valence-electron chi connectivity index (χ3n) is 3.12. The number of rotatable bonds is 10. The van der Waals surface area contributed by atoms with Crippen molar-refractivity contribution < 1.29 is 19.0 Å². The van der Waals surface area contributed by atoms with Crippen LogP contribution in [-0.4, -0.2) is 45.5 Å². The largest absolute Gasteiger partial charge is 0.494 e. The van der Waals surface area contributed by atoms with Crippen molar-refractivity contribution in [2.24, 2.45) is 0 Å². The van der Waals surface area contributed by atoms with Crippen LogP contribution in [0, 0.1) is 0 Å². The lowest BCUT2D eigenvalue weighted by Crippen LogP contribution is -2.40. The van der Waals surface area contributed by atoms with Crippen molar-refractivity contribution >= 4 is 5.78 Å². The van der Waals surface area contributed by atoms with Gasteiger partial charge in [0, 0.05) is 26.3 Å². The van der Waals surface area contributed by atoms with Gasteiger partial charge in [0.15, 0.2) is 12.1 Å².